The molecule has 25 heavy (non-hydrogen) atoms. The first kappa shape index (κ1) is 16.2. The molecule has 0 saturated heterocycles. The van der Waals surface area contributed by atoms with E-state index in [0.717, 1.165) is 12.1 Å². The Labute approximate surface area is 145 Å². The molecule has 0 atom stereocenters. The van der Waals surface area contributed by atoms with E-state index in [9.17, 15) is 21.6 Å². The minimum absolute atomic E-state index is 0.166. The number of sulfone groups is 1. The molecular weight excluding hydrogens is 369 g/mol. The van der Waals surface area contributed by atoms with Gasteiger partial charge in [0.2, 0.25) is 9.84 Å². The Bertz CT molecular complexity index is 1030. The molecule has 3 aromatic carbocycles. The van der Waals surface area contributed by atoms with Crippen LogP contribution in [-0.2, 0) is 9.84 Å². The molecule has 2 nitrogen and oxygen atoms in total. The molecule has 0 unspecified atom stereocenters. The fourth-order valence-corrected chi connectivity index (χ4v) is 7.90. The highest BCUT2D eigenvalue weighted by atomic mass is 32.2. The van der Waals surface area contributed by atoms with Gasteiger partial charge in [-0.15, -0.1) is 0 Å². The zero-order valence-corrected chi connectivity index (χ0v) is 14.3. The van der Waals surface area contributed by atoms with Crippen LogP contribution in [0.25, 0.3) is 0 Å². The lowest BCUT2D eigenvalue weighted by Gasteiger charge is -2.31. The summed E-state index contributed by atoms with van der Waals surface area (Å²) in [4.78, 5) is 1.26. The summed E-state index contributed by atoms with van der Waals surface area (Å²) in [6, 6.07) is 12.9. The van der Waals surface area contributed by atoms with Crippen molar-refractivity contribution in [2.45, 2.75) is 24.5 Å². The van der Waals surface area contributed by atoms with Crippen LogP contribution in [0.15, 0.2) is 85.1 Å². The Morgan fingerprint density at radius 2 is 1.08 bits per heavy atom. The van der Waals surface area contributed by atoms with E-state index in [0.29, 0.717) is 14.7 Å². The Morgan fingerprint density at radius 1 is 0.640 bits per heavy atom. The maximum atomic E-state index is 13.7. The number of hydrogen-bond acceptors (Lipinski definition) is 2. The van der Waals surface area contributed by atoms with E-state index >= 15 is 0 Å². The smallest absolute Gasteiger partial charge is 0.208 e. The number of halogens is 3. The first-order chi connectivity index (χ1) is 11.9. The summed E-state index contributed by atoms with van der Waals surface area (Å²) in [5.41, 5.74) is 0. The number of fused-ring (bicyclic) bond motifs is 2. The molecule has 1 aliphatic heterocycles. The van der Waals surface area contributed by atoms with Crippen molar-refractivity contribution in [3.63, 3.8) is 0 Å². The quantitative estimate of drug-likeness (QED) is 0.485. The molecule has 0 aromatic heterocycles. The molecule has 0 amide bonds. The lowest BCUT2D eigenvalue weighted by molar-refractivity contribution is 0.579. The SMILES string of the molecule is O=S1(=O)c2cc(F)ccc2[SH](c2ccc(F)cc2)c2ccc(F)cc21. The van der Waals surface area contributed by atoms with Crippen molar-refractivity contribution in [3.05, 3.63) is 78.1 Å². The Hall–Kier alpha value is -2.25. The fraction of sp³-hybridized carbons (Fsp3) is 0. The van der Waals surface area contributed by atoms with Crippen molar-refractivity contribution in [2.24, 2.45) is 0 Å². The second kappa shape index (κ2) is 5.64. The lowest BCUT2D eigenvalue weighted by atomic mass is 10.3. The predicted molar refractivity (Wildman–Crippen MR) is 88.4 cm³/mol. The van der Waals surface area contributed by atoms with Gasteiger partial charge in [-0.2, -0.15) is 10.9 Å². The molecule has 0 aliphatic carbocycles. The van der Waals surface area contributed by atoms with Gasteiger partial charge in [-0.25, -0.2) is 21.6 Å². The summed E-state index contributed by atoms with van der Waals surface area (Å²) in [6.45, 7) is 0. The molecule has 0 fully saturated rings. The summed E-state index contributed by atoms with van der Waals surface area (Å²) in [5.74, 6) is -1.78. The van der Waals surface area contributed by atoms with Gasteiger partial charge in [0.1, 0.15) is 17.5 Å². The molecule has 0 N–H and O–H groups in total. The largest absolute Gasteiger partial charge is 0.218 e. The third kappa shape index (κ3) is 2.54. The summed E-state index contributed by atoms with van der Waals surface area (Å²) in [7, 11) is -5.41. The van der Waals surface area contributed by atoms with Crippen LogP contribution in [0, 0.1) is 17.5 Å². The van der Waals surface area contributed by atoms with Crippen molar-refractivity contribution in [1.29, 1.82) is 0 Å². The van der Waals surface area contributed by atoms with Crippen LogP contribution in [0.4, 0.5) is 13.2 Å². The highest BCUT2D eigenvalue weighted by Gasteiger charge is 2.35. The van der Waals surface area contributed by atoms with Crippen molar-refractivity contribution in [1.82, 2.24) is 0 Å². The Morgan fingerprint density at radius 3 is 1.56 bits per heavy atom. The molecular formula is C18H11F3O2S2. The van der Waals surface area contributed by atoms with Gasteiger partial charge in [0, 0.05) is 9.79 Å². The summed E-state index contributed by atoms with van der Waals surface area (Å²) in [6.07, 6.45) is 0. The van der Waals surface area contributed by atoms with Crippen LogP contribution in [0.5, 0.6) is 0 Å². The molecule has 0 bridgehead atoms. The van der Waals surface area contributed by atoms with E-state index in [-0.39, 0.29) is 9.79 Å². The van der Waals surface area contributed by atoms with Crippen LogP contribution in [0.3, 0.4) is 0 Å². The zero-order valence-electron chi connectivity index (χ0n) is 12.6. The number of thiol groups is 1. The highest BCUT2D eigenvalue weighted by molar-refractivity contribution is 8.18. The van der Waals surface area contributed by atoms with Gasteiger partial charge in [0.05, 0.1) is 9.79 Å². The van der Waals surface area contributed by atoms with Gasteiger partial charge in [0.25, 0.3) is 0 Å². The molecule has 7 heteroatoms. The van der Waals surface area contributed by atoms with Crippen LogP contribution in [-0.4, -0.2) is 8.42 Å². The summed E-state index contributed by atoms with van der Waals surface area (Å²) in [5, 5.41) is 0. The van der Waals surface area contributed by atoms with Crippen molar-refractivity contribution < 1.29 is 21.6 Å². The Kier molecular flexibility index (Phi) is 3.66. The molecule has 4 rings (SSSR count). The van der Waals surface area contributed by atoms with Crippen molar-refractivity contribution in [2.75, 3.05) is 0 Å². The van der Waals surface area contributed by atoms with Crippen LogP contribution < -0.4 is 0 Å². The standard InChI is InChI=1S/C18H11F3O2S2/c19-11-1-5-14(6-2-11)24-15-7-3-12(20)9-17(15)25(22,23)18-10-13(21)4-8-16(18)24/h1-10,24H. The highest BCUT2D eigenvalue weighted by Crippen LogP contribution is 2.59. The van der Waals surface area contributed by atoms with E-state index in [1.807, 2.05) is 0 Å². The minimum Gasteiger partial charge on any atom is -0.218 e. The van der Waals surface area contributed by atoms with E-state index in [4.69, 9.17) is 0 Å². The molecule has 0 radical (unpaired) electrons. The first-order valence-corrected chi connectivity index (χ1v) is 10.1. The van der Waals surface area contributed by atoms with E-state index < -0.39 is 38.2 Å². The van der Waals surface area contributed by atoms with Crippen molar-refractivity contribution >= 4 is 20.7 Å². The average Bonchev–Trinajstić information content (AvgIpc) is 2.58. The normalized spacial score (nSPS) is 16.2. The predicted octanol–water partition coefficient (Wildman–Crippen LogP) is 4.73. The third-order valence-corrected chi connectivity index (χ3v) is 8.68. The van der Waals surface area contributed by atoms with E-state index in [2.05, 4.69) is 0 Å². The van der Waals surface area contributed by atoms with Gasteiger partial charge >= 0.3 is 0 Å². The zero-order chi connectivity index (χ0) is 17.8. The van der Waals surface area contributed by atoms with E-state index in [1.165, 1.54) is 36.4 Å². The molecule has 0 spiro atoms. The van der Waals surface area contributed by atoms with Crippen LogP contribution in [0.1, 0.15) is 0 Å². The van der Waals surface area contributed by atoms with Gasteiger partial charge < -0.3 is 0 Å². The molecule has 1 heterocycles. The van der Waals surface area contributed by atoms with Crippen LogP contribution >= 0.6 is 10.9 Å². The first-order valence-electron chi connectivity index (χ1n) is 7.28. The number of rotatable bonds is 1. The maximum absolute atomic E-state index is 13.7. The number of benzene rings is 3. The van der Waals surface area contributed by atoms with Gasteiger partial charge in [-0.05, 0) is 65.6 Å². The minimum atomic E-state index is -4.03. The average molecular weight is 380 g/mol. The lowest BCUT2D eigenvalue weighted by Crippen LogP contribution is -2.13. The van der Waals surface area contributed by atoms with Gasteiger partial charge in [-0.1, -0.05) is 0 Å². The topological polar surface area (TPSA) is 34.1 Å². The van der Waals surface area contributed by atoms with Crippen molar-refractivity contribution in [3.8, 4) is 0 Å². The fourth-order valence-electron chi connectivity index (χ4n) is 2.89. The molecule has 128 valence electrons. The summed E-state index contributed by atoms with van der Waals surface area (Å²) >= 11 is 0. The molecule has 0 saturated carbocycles. The monoisotopic (exact) mass is 380 g/mol. The Balaban J connectivity index is 2.08. The second-order valence-electron chi connectivity index (χ2n) is 5.54. The number of hydrogen-bond donors (Lipinski definition) is 1. The second-order valence-corrected chi connectivity index (χ2v) is 9.58. The molecule has 1 aliphatic rings. The third-order valence-electron chi connectivity index (χ3n) is 3.99. The van der Waals surface area contributed by atoms with Gasteiger partial charge in [-0.3, -0.25) is 0 Å². The van der Waals surface area contributed by atoms with Crippen LogP contribution in [0.2, 0.25) is 0 Å². The van der Waals surface area contributed by atoms with Gasteiger partial charge in [0.15, 0.2) is 0 Å². The maximum Gasteiger partial charge on any atom is 0.208 e. The van der Waals surface area contributed by atoms with E-state index in [1.54, 1.807) is 12.1 Å². The summed E-state index contributed by atoms with van der Waals surface area (Å²) < 4.78 is 66.4. The molecule has 3 aromatic rings.